The van der Waals surface area contributed by atoms with Crippen molar-refractivity contribution in [1.29, 1.82) is 0 Å². The predicted molar refractivity (Wildman–Crippen MR) is 48.8 cm³/mol. The van der Waals surface area contributed by atoms with Gasteiger partial charge in [0.05, 0.1) is 7.11 Å². The van der Waals surface area contributed by atoms with E-state index >= 15 is 0 Å². The number of rotatable bonds is 3. The largest absolute Gasteiger partial charge is 0.467 e. The van der Waals surface area contributed by atoms with Crippen LogP contribution in [0.25, 0.3) is 0 Å². The molecule has 2 rings (SSSR count). The fourth-order valence-corrected chi connectivity index (χ4v) is 2.11. The van der Waals surface area contributed by atoms with Crippen LogP contribution in [0.3, 0.4) is 0 Å². The van der Waals surface area contributed by atoms with E-state index in [2.05, 4.69) is 4.74 Å². The quantitative estimate of drug-likeness (QED) is 0.498. The SMILES string of the molecule is COC(=O)C1OC1(C)CC1CCOC1. The Balaban J connectivity index is 1.84. The van der Waals surface area contributed by atoms with Gasteiger partial charge in [0.15, 0.2) is 6.10 Å². The molecule has 14 heavy (non-hydrogen) atoms. The summed E-state index contributed by atoms with van der Waals surface area (Å²) in [5, 5.41) is 0. The molecule has 0 amide bonds. The van der Waals surface area contributed by atoms with E-state index in [0.717, 1.165) is 26.1 Å². The molecule has 0 aliphatic carbocycles. The molecule has 0 spiro atoms. The van der Waals surface area contributed by atoms with E-state index in [1.807, 2.05) is 6.92 Å². The summed E-state index contributed by atoms with van der Waals surface area (Å²) in [6, 6.07) is 0. The topological polar surface area (TPSA) is 48.1 Å². The third-order valence-corrected chi connectivity index (χ3v) is 3.02. The Kier molecular flexibility index (Phi) is 2.49. The van der Waals surface area contributed by atoms with Gasteiger partial charge in [-0.15, -0.1) is 0 Å². The zero-order valence-electron chi connectivity index (χ0n) is 8.62. The standard InChI is InChI=1S/C10H16O4/c1-10(5-7-3-4-13-6-7)8(14-10)9(11)12-2/h7-8H,3-6H2,1-2H3. The first-order valence-electron chi connectivity index (χ1n) is 4.99. The van der Waals surface area contributed by atoms with Gasteiger partial charge in [-0.2, -0.15) is 0 Å². The van der Waals surface area contributed by atoms with Crippen LogP contribution in [0.15, 0.2) is 0 Å². The van der Waals surface area contributed by atoms with E-state index in [-0.39, 0.29) is 17.7 Å². The molecule has 2 saturated heterocycles. The molecule has 0 aromatic heterocycles. The van der Waals surface area contributed by atoms with Crippen LogP contribution in [0.4, 0.5) is 0 Å². The fraction of sp³-hybridized carbons (Fsp3) is 0.900. The molecule has 2 aliphatic heterocycles. The van der Waals surface area contributed by atoms with E-state index in [9.17, 15) is 4.79 Å². The van der Waals surface area contributed by atoms with Crippen LogP contribution < -0.4 is 0 Å². The van der Waals surface area contributed by atoms with Gasteiger partial charge in [-0.05, 0) is 25.7 Å². The molecule has 2 heterocycles. The number of hydrogen-bond acceptors (Lipinski definition) is 4. The van der Waals surface area contributed by atoms with Gasteiger partial charge >= 0.3 is 5.97 Å². The Hall–Kier alpha value is -0.610. The van der Waals surface area contributed by atoms with Gasteiger partial charge in [-0.1, -0.05) is 0 Å². The molecule has 0 N–H and O–H groups in total. The highest BCUT2D eigenvalue weighted by atomic mass is 16.6. The lowest BCUT2D eigenvalue weighted by Gasteiger charge is -2.10. The predicted octanol–water partition coefficient (Wildman–Crippen LogP) is 0.743. The highest BCUT2D eigenvalue weighted by Crippen LogP contribution is 2.43. The molecule has 0 bridgehead atoms. The van der Waals surface area contributed by atoms with E-state index < -0.39 is 0 Å². The van der Waals surface area contributed by atoms with Gasteiger partial charge in [0.25, 0.3) is 0 Å². The molecule has 4 heteroatoms. The maximum atomic E-state index is 11.2. The molecule has 2 aliphatic rings. The molecular formula is C10H16O4. The summed E-state index contributed by atoms with van der Waals surface area (Å²) < 4.78 is 15.3. The lowest BCUT2D eigenvalue weighted by Crippen LogP contribution is -2.22. The maximum Gasteiger partial charge on any atom is 0.338 e. The van der Waals surface area contributed by atoms with Crippen LogP contribution in [-0.2, 0) is 19.0 Å². The van der Waals surface area contributed by atoms with Gasteiger partial charge in [0, 0.05) is 13.2 Å². The van der Waals surface area contributed by atoms with E-state index in [0.29, 0.717) is 5.92 Å². The Morgan fingerprint density at radius 3 is 3.00 bits per heavy atom. The van der Waals surface area contributed by atoms with Crippen LogP contribution in [-0.4, -0.2) is 38.0 Å². The fourth-order valence-electron chi connectivity index (χ4n) is 2.11. The van der Waals surface area contributed by atoms with Gasteiger partial charge < -0.3 is 14.2 Å². The molecule has 3 unspecified atom stereocenters. The zero-order valence-corrected chi connectivity index (χ0v) is 8.62. The van der Waals surface area contributed by atoms with Crippen molar-refractivity contribution in [2.45, 2.75) is 31.5 Å². The van der Waals surface area contributed by atoms with Gasteiger partial charge in [0.1, 0.15) is 5.60 Å². The summed E-state index contributed by atoms with van der Waals surface area (Å²) in [5.74, 6) is 0.279. The highest BCUT2D eigenvalue weighted by molar-refractivity contribution is 5.79. The van der Waals surface area contributed by atoms with Crippen LogP contribution in [0, 0.1) is 5.92 Å². The average molecular weight is 200 g/mol. The minimum absolute atomic E-state index is 0.258. The molecule has 0 aromatic carbocycles. The lowest BCUT2D eigenvalue weighted by molar-refractivity contribution is -0.142. The number of carbonyl (C=O) groups is 1. The summed E-state index contributed by atoms with van der Waals surface area (Å²) in [6.07, 6.45) is 1.62. The summed E-state index contributed by atoms with van der Waals surface area (Å²) in [5.41, 5.74) is -0.300. The van der Waals surface area contributed by atoms with Gasteiger partial charge in [-0.25, -0.2) is 4.79 Å². The van der Waals surface area contributed by atoms with Gasteiger partial charge in [-0.3, -0.25) is 0 Å². The van der Waals surface area contributed by atoms with Crippen LogP contribution in [0.1, 0.15) is 19.8 Å². The highest BCUT2D eigenvalue weighted by Gasteiger charge is 2.58. The summed E-state index contributed by atoms with van der Waals surface area (Å²) >= 11 is 0. The summed E-state index contributed by atoms with van der Waals surface area (Å²) in [6.45, 7) is 3.60. The van der Waals surface area contributed by atoms with Crippen molar-refractivity contribution >= 4 is 5.97 Å². The van der Waals surface area contributed by atoms with Gasteiger partial charge in [0.2, 0.25) is 0 Å². The number of esters is 1. The smallest absolute Gasteiger partial charge is 0.338 e. The molecule has 4 nitrogen and oxygen atoms in total. The van der Waals surface area contributed by atoms with Crippen molar-refractivity contribution in [3.8, 4) is 0 Å². The van der Waals surface area contributed by atoms with Crippen molar-refractivity contribution in [2.75, 3.05) is 20.3 Å². The Morgan fingerprint density at radius 1 is 1.64 bits per heavy atom. The second kappa shape index (κ2) is 3.51. The van der Waals surface area contributed by atoms with Crippen molar-refractivity contribution in [2.24, 2.45) is 5.92 Å². The number of hydrogen-bond donors (Lipinski definition) is 0. The number of methoxy groups -OCH3 is 1. The molecule has 3 atom stereocenters. The number of carbonyl (C=O) groups excluding carboxylic acids is 1. The van der Waals surface area contributed by atoms with E-state index in [1.54, 1.807) is 0 Å². The first-order chi connectivity index (χ1) is 6.65. The second-order valence-electron chi connectivity index (χ2n) is 4.27. The minimum Gasteiger partial charge on any atom is -0.467 e. The molecule has 0 radical (unpaired) electrons. The molecule has 2 fully saturated rings. The first-order valence-corrected chi connectivity index (χ1v) is 4.99. The lowest BCUT2D eigenvalue weighted by atomic mass is 9.92. The van der Waals surface area contributed by atoms with Crippen LogP contribution in [0.5, 0.6) is 0 Å². The summed E-state index contributed by atoms with van der Waals surface area (Å²) in [4.78, 5) is 11.2. The maximum absolute atomic E-state index is 11.2. The first kappa shape index (κ1) is 9.93. The van der Waals surface area contributed by atoms with Crippen LogP contribution in [0.2, 0.25) is 0 Å². The second-order valence-corrected chi connectivity index (χ2v) is 4.27. The minimum atomic E-state index is -0.354. The Bertz CT molecular complexity index is 234. The van der Waals surface area contributed by atoms with Crippen molar-refractivity contribution in [3.05, 3.63) is 0 Å². The molecule has 80 valence electrons. The molecule has 0 saturated carbocycles. The van der Waals surface area contributed by atoms with Crippen molar-refractivity contribution in [1.82, 2.24) is 0 Å². The normalized spacial score (nSPS) is 41.0. The third-order valence-electron chi connectivity index (χ3n) is 3.02. The molecular weight excluding hydrogens is 184 g/mol. The monoisotopic (exact) mass is 200 g/mol. The number of ether oxygens (including phenoxy) is 3. The third kappa shape index (κ3) is 1.77. The van der Waals surface area contributed by atoms with Crippen molar-refractivity contribution in [3.63, 3.8) is 0 Å². The average Bonchev–Trinajstić information content (AvgIpc) is 2.62. The Labute approximate surface area is 83.5 Å². The summed E-state index contributed by atoms with van der Waals surface area (Å²) in [7, 11) is 1.39. The molecule has 0 aromatic rings. The Morgan fingerprint density at radius 2 is 2.43 bits per heavy atom. The van der Waals surface area contributed by atoms with Crippen LogP contribution >= 0.6 is 0 Å². The zero-order chi connectivity index (χ0) is 10.2. The number of epoxide rings is 1. The van der Waals surface area contributed by atoms with Crippen molar-refractivity contribution < 1.29 is 19.0 Å². The van der Waals surface area contributed by atoms with E-state index in [4.69, 9.17) is 9.47 Å². The van der Waals surface area contributed by atoms with E-state index in [1.165, 1.54) is 7.11 Å².